The van der Waals surface area contributed by atoms with Gasteiger partial charge in [0.15, 0.2) is 5.78 Å². The first-order chi connectivity index (χ1) is 10.7. The maximum Gasteiger partial charge on any atom is 0.305 e. The summed E-state index contributed by atoms with van der Waals surface area (Å²) in [7, 11) is 0. The van der Waals surface area contributed by atoms with Gasteiger partial charge < -0.3 is 9.47 Å². The van der Waals surface area contributed by atoms with Crippen molar-refractivity contribution in [2.75, 3.05) is 13.2 Å². The van der Waals surface area contributed by atoms with Crippen molar-refractivity contribution in [1.82, 2.24) is 0 Å². The van der Waals surface area contributed by atoms with Crippen LogP contribution in [0.3, 0.4) is 0 Å². The van der Waals surface area contributed by atoms with Crippen molar-refractivity contribution in [3.63, 3.8) is 0 Å². The molecule has 0 aliphatic rings. The molecule has 0 fully saturated rings. The molecule has 2 aromatic carbocycles. The summed E-state index contributed by atoms with van der Waals surface area (Å²) in [6, 6.07) is 16.0. The summed E-state index contributed by atoms with van der Waals surface area (Å²) in [6.07, 6.45) is 0.357. The average molecular weight is 298 g/mol. The smallest absolute Gasteiger partial charge is 0.305 e. The SMILES string of the molecule is CCC(=O)OCCOc1ccc(C(=O)c2ccccc2)cc1. The highest BCUT2D eigenvalue weighted by atomic mass is 16.6. The fraction of sp³-hybridized carbons (Fsp3) is 0.222. The Morgan fingerprint density at radius 2 is 1.50 bits per heavy atom. The van der Waals surface area contributed by atoms with Crippen molar-refractivity contribution in [2.24, 2.45) is 0 Å². The van der Waals surface area contributed by atoms with E-state index in [9.17, 15) is 9.59 Å². The zero-order chi connectivity index (χ0) is 15.8. The number of ether oxygens (including phenoxy) is 2. The number of benzene rings is 2. The van der Waals surface area contributed by atoms with Crippen molar-refractivity contribution in [2.45, 2.75) is 13.3 Å². The second-order valence-electron chi connectivity index (χ2n) is 4.64. The average Bonchev–Trinajstić information content (AvgIpc) is 2.59. The van der Waals surface area contributed by atoms with Crippen LogP contribution in [0.25, 0.3) is 0 Å². The molecular formula is C18H18O4. The summed E-state index contributed by atoms with van der Waals surface area (Å²) in [5.41, 5.74) is 1.26. The molecule has 0 saturated heterocycles. The van der Waals surface area contributed by atoms with Gasteiger partial charge in [0.25, 0.3) is 0 Å². The first-order valence-corrected chi connectivity index (χ1v) is 7.19. The van der Waals surface area contributed by atoms with E-state index in [0.717, 1.165) is 0 Å². The van der Waals surface area contributed by atoms with Crippen LogP contribution in [0, 0.1) is 0 Å². The molecule has 0 amide bonds. The molecule has 0 bridgehead atoms. The molecule has 22 heavy (non-hydrogen) atoms. The largest absolute Gasteiger partial charge is 0.490 e. The molecule has 2 rings (SSSR count). The molecule has 0 atom stereocenters. The van der Waals surface area contributed by atoms with E-state index in [-0.39, 0.29) is 25.0 Å². The van der Waals surface area contributed by atoms with Gasteiger partial charge in [0, 0.05) is 17.5 Å². The third-order valence-electron chi connectivity index (χ3n) is 3.06. The van der Waals surface area contributed by atoms with Crippen molar-refractivity contribution >= 4 is 11.8 Å². The van der Waals surface area contributed by atoms with E-state index in [1.807, 2.05) is 18.2 Å². The lowest BCUT2D eigenvalue weighted by atomic mass is 10.0. The van der Waals surface area contributed by atoms with Crippen LogP contribution >= 0.6 is 0 Å². The molecule has 0 aliphatic carbocycles. The number of esters is 1. The van der Waals surface area contributed by atoms with E-state index in [1.54, 1.807) is 43.3 Å². The van der Waals surface area contributed by atoms with Crippen LogP contribution in [-0.2, 0) is 9.53 Å². The molecule has 0 radical (unpaired) electrons. The summed E-state index contributed by atoms with van der Waals surface area (Å²) in [6.45, 7) is 2.25. The van der Waals surface area contributed by atoms with E-state index < -0.39 is 0 Å². The molecule has 0 aliphatic heterocycles. The molecule has 0 N–H and O–H groups in total. The molecule has 4 nitrogen and oxygen atoms in total. The van der Waals surface area contributed by atoms with E-state index >= 15 is 0 Å². The summed E-state index contributed by atoms with van der Waals surface area (Å²) < 4.78 is 10.4. The minimum absolute atomic E-state index is 0.0241. The molecule has 0 aromatic heterocycles. The second kappa shape index (κ2) is 7.98. The monoisotopic (exact) mass is 298 g/mol. The summed E-state index contributed by atoms with van der Waals surface area (Å²) in [5.74, 6) is 0.369. The van der Waals surface area contributed by atoms with Gasteiger partial charge in [-0.3, -0.25) is 9.59 Å². The van der Waals surface area contributed by atoms with Gasteiger partial charge in [0.1, 0.15) is 19.0 Å². The highest BCUT2D eigenvalue weighted by Crippen LogP contribution is 2.15. The van der Waals surface area contributed by atoms with Gasteiger partial charge in [0.2, 0.25) is 0 Å². The normalized spacial score (nSPS) is 10.0. The molecule has 0 saturated carbocycles. The van der Waals surface area contributed by atoms with Crippen molar-refractivity contribution < 1.29 is 19.1 Å². The lowest BCUT2D eigenvalue weighted by Crippen LogP contribution is -2.11. The molecular weight excluding hydrogens is 280 g/mol. The minimum Gasteiger partial charge on any atom is -0.490 e. The Morgan fingerprint density at radius 1 is 0.864 bits per heavy atom. The van der Waals surface area contributed by atoms with Gasteiger partial charge in [-0.25, -0.2) is 0 Å². The highest BCUT2D eigenvalue weighted by molar-refractivity contribution is 6.08. The number of hydrogen-bond acceptors (Lipinski definition) is 4. The van der Waals surface area contributed by atoms with Crippen LogP contribution in [-0.4, -0.2) is 25.0 Å². The first kappa shape index (κ1) is 15.8. The standard InChI is InChI=1S/C18H18O4/c1-2-17(19)22-13-12-21-16-10-8-15(9-11-16)18(20)14-6-4-3-5-7-14/h3-11H,2,12-13H2,1H3. The van der Waals surface area contributed by atoms with Crippen molar-refractivity contribution in [3.05, 3.63) is 65.7 Å². The predicted octanol–water partition coefficient (Wildman–Crippen LogP) is 3.25. The van der Waals surface area contributed by atoms with Gasteiger partial charge in [-0.2, -0.15) is 0 Å². The third-order valence-corrected chi connectivity index (χ3v) is 3.06. The molecule has 0 heterocycles. The molecule has 2 aromatic rings. The van der Waals surface area contributed by atoms with Crippen molar-refractivity contribution in [3.8, 4) is 5.75 Å². The molecule has 4 heteroatoms. The predicted molar refractivity (Wildman–Crippen MR) is 83.1 cm³/mol. The van der Waals surface area contributed by atoms with Crippen molar-refractivity contribution in [1.29, 1.82) is 0 Å². The maximum absolute atomic E-state index is 12.2. The Labute approximate surface area is 129 Å². The minimum atomic E-state index is -0.243. The topological polar surface area (TPSA) is 52.6 Å². The molecule has 0 unspecified atom stereocenters. The van der Waals surface area contributed by atoms with Gasteiger partial charge in [0.05, 0.1) is 0 Å². The van der Waals surface area contributed by atoms with Crippen LogP contribution in [0.4, 0.5) is 0 Å². The fourth-order valence-corrected chi connectivity index (χ4v) is 1.88. The number of rotatable bonds is 7. The van der Waals surface area contributed by atoms with E-state index in [1.165, 1.54) is 0 Å². The maximum atomic E-state index is 12.2. The summed E-state index contributed by atoms with van der Waals surface area (Å²) >= 11 is 0. The quantitative estimate of drug-likeness (QED) is 0.447. The van der Waals surface area contributed by atoms with Gasteiger partial charge in [-0.15, -0.1) is 0 Å². The summed E-state index contributed by atoms with van der Waals surface area (Å²) in [5, 5.41) is 0. The Balaban J connectivity index is 1.88. The number of carbonyl (C=O) groups excluding carboxylic acids is 2. The van der Waals surface area contributed by atoms with Crippen LogP contribution in [0.15, 0.2) is 54.6 Å². The summed E-state index contributed by atoms with van der Waals surface area (Å²) in [4.78, 5) is 23.2. The van der Waals surface area contributed by atoms with Crippen LogP contribution in [0.5, 0.6) is 5.75 Å². The van der Waals surface area contributed by atoms with E-state index in [2.05, 4.69) is 0 Å². The Kier molecular flexibility index (Phi) is 5.72. The zero-order valence-electron chi connectivity index (χ0n) is 12.5. The third kappa shape index (κ3) is 4.45. The lowest BCUT2D eigenvalue weighted by molar-refractivity contribution is -0.143. The molecule has 0 spiro atoms. The Bertz CT molecular complexity index is 617. The lowest BCUT2D eigenvalue weighted by Gasteiger charge is -2.07. The zero-order valence-corrected chi connectivity index (χ0v) is 12.5. The van der Waals surface area contributed by atoms with Gasteiger partial charge in [-0.1, -0.05) is 37.3 Å². The Morgan fingerprint density at radius 3 is 2.14 bits per heavy atom. The number of hydrogen-bond donors (Lipinski definition) is 0. The van der Waals surface area contributed by atoms with Crippen LogP contribution in [0.1, 0.15) is 29.3 Å². The highest BCUT2D eigenvalue weighted by Gasteiger charge is 2.08. The van der Waals surface area contributed by atoms with E-state index in [0.29, 0.717) is 23.3 Å². The van der Waals surface area contributed by atoms with Gasteiger partial charge in [-0.05, 0) is 24.3 Å². The fourth-order valence-electron chi connectivity index (χ4n) is 1.88. The first-order valence-electron chi connectivity index (χ1n) is 7.19. The Hall–Kier alpha value is -2.62. The number of carbonyl (C=O) groups is 2. The second-order valence-corrected chi connectivity index (χ2v) is 4.64. The van der Waals surface area contributed by atoms with E-state index in [4.69, 9.17) is 9.47 Å². The number of ketones is 1. The van der Waals surface area contributed by atoms with Gasteiger partial charge >= 0.3 is 5.97 Å². The van der Waals surface area contributed by atoms with Crippen LogP contribution < -0.4 is 4.74 Å². The molecule has 114 valence electrons. The van der Waals surface area contributed by atoms with Crippen LogP contribution in [0.2, 0.25) is 0 Å².